The molecule has 0 bridgehead atoms. The second-order valence-corrected chi connectivity index (χ2v) is 7.25. The number of H-pyrrole nitrogens is 1. The fraction of sp³-hybridized carbons (Fsp3) is 0.450. The van der Waals surface area contributed by atoms with Crippen LogP contribution in [0.25, 0.3) is 11.0 Å². The molecule has 1 aliphatic rings. The van der Waals surface area contributed by atoms with Gasteiger partial charge in [0, 0.05) is 24.3 Å². The van der Waals surface area contributed by atoms with Gasteiger partial charge in [-0.25, -0.2) is 4.98 Å². The Hall–Kier alpha value is -2.71. The summed E-state index contributed by atoms with van der Waals surface area (Å²) in [5, 5.41) is 6.92. The van der Waals surface area contributed by atoms with Crippen molar-refractivity contribution in [2.45, 2.75) is 33.2 Å². The summed E-state index contributed by atoms with van der Waals surface area (Å²) >= 11 is 0. The van der Waals surface area contributed by atoms with Crippen LogP contribution < -0.4 is 5.32 Å². The maximum Gasteiger partial charge on any atom is 0.231 e. The van der Waals surface area contributed by atoms with Crippen LogP contribution in [0.5, 0.6) is 0 Å². The lowest BCUT2D eigenvalue weighted by atomic mass is 9.98. The van der Waals surface area contributed by atoms with E-state index in [9.17, 15) is 4.79 Å². The summed E-state index contributed by atoms with van der Waals surface area (Å²) in [6.45, 7) is 9.66. The molecule has 8 heteroatoms. The summed E-state index contributed by atoms with van der Waals surface area (Å²) in [5.74, 6) is 1.16. The van der Waals surface area contributed by atoms with Crippen molar-refractivity contribution in [3.05, 3.63) is 41.0 Å². The molecular weight excluding hydrogens is 358 g/mol. The lowest BCUT2D eigenvalue weighted by Gasteiger charge is -2.25. The maximum atomic E-state index is 12.7. The van der Waals surface area contributed by atoms with E-state index in [0.29, 0.717) is 5.76 Å². The molecule has 8 nitrogen and oxygen atoms in total. The number of hydrogen-bond acceptors (Lipinski definition) is 6. The Morgan fingerprint density at radius 3 is 2.82 bits per heavy atom. The molecule has 4 rings (SSSR count). The number of morpholine rings is 1. The normalized spacial score (nSPS) is 16.4. The van der Waals surface area contributed by atoms with Gasteiger partial charge in [-0.15, -0.1) is 0 Å². The molecule has 3 aromatic rings. The van der Waals surface area contributed by atoms with Crippen LogP contribution in [0.4, 0.5) is 5.69 Å². The Balaban J connectivity index is 1.47. The summed E-state index contributed by atoms with van der Waals surface area (Å²) in [6, 6.07) is 5.72. The van der Waals surface area contributed by atoms with Gasteiger partial charge >= 0.3 is 0 Å². The highest BCUT2D eigenvalue weighted by Gasteiger charge is 2.23. The van der Waals surface area contributed by atoms with Gasteiger partial charge in [0.2, 0.25) is 5.91 Å². The third-order valence-electron chi connectivity index (χ3n) is 5.19. The highest BCUT2D eigenvalue weighted by molar-refractivity contribution is 5.97. The fourth-order valence-electron chi connectivity index (χ4n) is 3.68. The third kappa shape index (κ3) is 3.79. The minimum absolute atomic E-state index is 0.0956. The monoisotopic (exact) mass is 383 g/mol. The topological polar surface area (TPSA) is 96.3 Å². The minimum atomic E-state index is -0.347. The number of rotatable bonds is 5. The smallest absolute Gasteiger partial charge is 0.231 e. The Morgan fingerprint density at radius 1 is 1.32 bits per heavy atom. The van der Waals surface area contributed by atoms with E-state index in [1.165, 1.54) is 0 Å². The molecular formula is C20H25N5O3. The van der Waals surface area contributed by atoms with Crippen LogP contribution in [-0.2, 0) is 16.1 Å². The average Bonchev–Trinajstić information content (AvgIpc) is 3.23. The van der Waals surface area contributed by atoms with Gasteiger partial charge in [0.25, 0.3) is 0 Å². The van der Waals surface area contributed by atoms with Crippen molar-refractivity contribution in [1.82, 2.24) is 20.0 Å². The van der Waals surface area contributed by atoms with E-state index >= 15 is 0 Å². The molecule has 1 aromatic carbocycles. The van der Waals surface area contributed by atoms with Gasteiger partial charge in [-0.2, -0.15) is 0 Å². The van der Waals surface area contributed by atoms with Crippen LogP contribution in [0.3, 0.4) is 0 Å². The van der Waals surface area contributed by atoms with E-state index in [4.69, 9.17) is 9.26 Å². The van der Waals surface area contributed by atoms with E-state index in [1.54, 1.807) is 0 Å². The first kappa shape index (κ1) is 18.6. The summed E-state index contributed by atoms with van der Waals surface area (Å²) in [7, 11) is 0. The van der Waals surface area contributed by atoms with Crippen molar-refractivity contribution in [2.75, 3.05) is 31.6 Å². The zero-order chi connectivity index (χ0) is 19.7. The molecule has 1 atom stereocenters. The number of imidazole rings is 1. The maximum absolute atomic E-state index is 12.7. The number of aryl methyl sites for hydroxylation is 2. The van der Waals surface area contributed by atoms with Crippen LogP contribution in [0.15, 0.2) is 22.7 Å². The van der Waals surface area contributed by atoms with Crippen molar-refractivity contribution < 1.29 is 14.1 Å². The first-order chi connectivity index (χ1) is 13.5. The SMILES string of the molecule is Cc1noc(C)c1C(C)C(=O)Nc1ccc2nc(CN3CCOCC3)[nH]c2c1. The van der Waals surface area contributed by atoms with Gasteiger partial charge in [-0.05, 0) is 39.0 Å². The Labute approximate surface area is 163 Å². The van der Waals surface area contributed by atoms with Crippen molar-refractivity contribution in [3.8, 4) is 0 Å². The molecule has 2 N–H and O–H groups in total. The average molecular weight is 383 g/mol. The fourth-order valence-corrected chi connectivity index (χ4v) is 3.68. The van der Waals surface area contributed by atoms with Crippen molar-refractivity contribution in [2.24, 2.45) is 0 Å². The number of anilines is 1. The second-order valence-electron chi connectivity index (χ2n) is 7.25. The van der Waals surface area contributed by atoms with Gasteiger partial charge in [0.1, 0.15) is 11.6 Å². The molecule has 0 saturated carbocycles. The molecule has 2 aromatic heterocycles. The van der Waals surface area contributed by atoms with Crippen LogP contribution in [0.1, 0.15) is 35.7 Å². The van der Waals surface area contributed by atoms with Gasteiger partial charge < -0.3 is 19.6 Å². The summed E-state index contributed by atoms with van der Waals surface area (Å²) in [5.41, 5.74) is 4.12. The number of carbonyl (C=O) groups is 1. The van der Waals surface area contributed by atoms with Gasteiger partial charge in [0.15, 0.2) is 0 Å². The Bertz CT molecular complexity index is 968. The molecule has 1 amide bonds. The molecule has 1 fully saturated rings. The number of fused-ring (bicyclic) bond motifs is 1. The van der Waals surface area contributed by atoms with Gasteiger partial charge in [0.05, 0.1) is 42.4 Å². The molecule has 148 valence electrons. The van der Waals surface area contributed by atoms with E-state index < -0.39 is 0 Å². The number of ether oxygens (including phenoxy) is 1. The lowest BCUT2D eigenvalue weighted by molar-refractivity contribution is -0.117. The number of hydrogen-bond donors (Lipinski definition) is 2. The molecule has 0 spiro atoms. The summed E-state index contributed by atoms with van der Waals surface area (Å²) < 4.78 is 10.6. The quantitative estimate of drug-likeness (QED) is 0.703. The Kier molecular flexibility index (Phi) is 5.15. The third-order valence-corrected chi connectivity index (χ3v) is 5.19. The number of carbonyl (C=O) groups excluding carboxylic acids is 1. The molecule has 0 aliphatic carbocycles. The van der Waals surface area contributed by atoms with E-state index in [-0.39, 0.29) is 11.8 Å². The van der Waals surface area contributed by atoms with Crippen LogP contribution in [-0.4, -0.2) is 52.2 Å². The number of benzene rings is 1. The lowest BCUT2D eigenvalue weighted by Crippen LogP contribution is -2.35. The van der Waals surface area contributed by atoms with Crippen LogP contribution >= 0.6 is 0 Å². The standard InChI is InChI=1S/C20H25N5O3/c1-12(19-13(2)24-28-14(19)3)20(26)21-15-4-5-16-17(10-15)23-18(22-16)11-25-6-8-27-9-7-25/h4-5,10,12H,6-9,11H2,1-3H3,(H,21,26)(H,22,23). The number of amides is 1. The van der Waals surface area contributed by atoms with Crippen molar-refractivity contribution in [3.63, 3.8) is 0 Å². The zero-order valence-electron chi connectivity index (χ0n) is 16.4. The number of nitrogens with zero attached hydrogens (tertiary/aromatic N) is 3. The minimum Gasteiger partial charge on any atom is -0.379 e. The first-order valence-corrected chi connectivity index (χ1v) is 9.53. The molecule has 1 saturated heterocycles. The predicted octanol–water partition coefficient (Wildman–Crippen LogP) is 2.74. The first-order valence-electron chi connectivity index (χ1n) is 9.53. The summed E-state index contributed by atoms with van der Waals surface area (Å²) in [6.07, 6.45) is 0. The van der Waals surface area contributed by atoms with Gasteiger partial charge in [-0.1, -0.05) is 5.16 Å². The highest BCUT2D eigenvalue weighted by atomic mass is 16.5. The number of aromatic nitrogens is 3. The van der Waals surface area contributed by atoms with E-state index in [2.05, 4.69) is 25.3 Å². The molecule has 0 radical (unpaired) electrons. The molecule has 3 heterocycles. The summed E-state index contributed by atoms with van der Waals surface area (Å²) in [4.78, 5) is 23.0. The Morgan fingerprint density at radius 2 is 2.11 bits per heavy atom. The number of aromatic amines is 1. The van der Waals surface area contributed by atoms with E-state index in [0.717, 1.165) is 66.7 Å². The molecule has 1 unspecified atom stereocenters. The largest absolute Gasteiger partial charge is 0.379 e. The predicted molar refractivity (Wildman–Crippen MR) is 105 cm³/mol. The van der Waals surface area contributed by atoms with Crippen LogP contribution in [0.2, 0.25) is 0 Å². The second kappa shape index (κ2) is 7.73. The number of nitrogens with one attached hydrogen (secondary N) is 2. The molecule has 28 heavy (non-hydrogen) atoms. The molecule has 1 aliphatic heterocycles. The zero-order valence-corrected chi connectivity index (χ0v) is 16.4. The van der Waals surface area contributed by atoms with Crippen molar-refractivity contribution in [1.29, 1.82) is 0 Å². The highest BCUT2D eigenvalue weighted by Crippen LogP contribution is 2.25. The van der Waals surface area contributed by atoms with Crippen LogP contribution in [0, 0.1) is 13.8 Å². The van der Waals surface area contributed by atoms with Gasteiger partial charge in [-0.3, -0.25) is 9.69 Å². The van der Waals surface area contributed by atoms with E-state index in [1.807, 2.05) is 39.0 Å². The van der Waals surface area contributed by atoms with Crippen molar-refractivity contribution >= 4 is 22.6 Å².